The molecule has 0 amide bonds. The number of thiophene rings is 1. The van der Waals surface area contributed by atoms with Crippen LogP contribution in [0.3, 0.4) is 0 Å². The number of fused-ring (bicyclic) bond motifs is 3. The smallest absolute Gasteiger partial charge is 0.306 e. The molecule has 0 spiro atoms. The standard InChI is InChI=1S/C26H23F2N5O3S/c1-13-21(12-34)37-26-23(13)24(29-19(11-22(35)36)25-31-30-14(2)33(25)26)15-4-7-17(8-5-15)32(3)20-9-6-16(27)10-18(20)28/h4-10,19,34H,11-12H2,1-3H3,(H,35,36)/t19-/m0/s1. The lowest BCUT2D eigenvalue weighted by Gasteiger charge is -2.20. The van der Waals surface area contributed by atoms with E-state index in [0.29, 0.717) is 23.0 Å². The van der Waals surface area contributed by atoms with Gasteiger partial charge in [-0.3, -0.25) is 14.4 Å². The maximum absolute atomic E-state index is 14.3. The van der Waals surface area contributed by atoms with Crippen LogP contribution in [0, 0.1) is 25.5 Å². The summed E-state index contributed by atoms with van der Waals surface area (Å²) in [4.78, 5) is 18.9. The van der Waals surface area contributed by atoms with E-state index in [1.165, 1.54) is 23.5 Å². The summed E-state index contributed by atoms with van der Waals surface area (Å²) in [5.74, 6) is -1.33. The molecule has 2 aromatic heterocycles. The number of aliphatic carboxylic acids is 1. The van der Waals surface area contributed by atoms with E-state index in [-0.39, 0.29) is 18.7 Å². The number of hydrogen-bond donors (Lipinski definition) is 2. The molecule has 3 heterocycles. The highest BCUT2D eigenvalue weighted by molar-refractivity contribution is 7.15. The largest absolute Gasteiger partial charge is 0.481 e. The minimum atomic E-state index is -1.02. The Morgan fingerprint density at radius 3 is 2.51 bits per heavy atom. The van der Waals surface area contributed by atoms with E-state index >= 15 is 0 Å². The first kappa shape index (κ1) is 24.7. The van der Waals surface area contributed by atoms with Gasteiger partial charge in [0.2, 0.25) is 0 Å². The molecule has 4 aromatic rings. The predicted octanol–water partition coefficient (Wildman–Crippen LogP) is 4.85. The Hall–Kier alpha value is -3.96. The molecule has 0 aliphatic carbocycles. The molecule has 5 rings (SSSR count). The lowest BCUT2D eigenvalue weighted by atomic mass is 9.99. The highest BCUT2D eigenvalue weighted by atomic mass is 32.1. The van der Waals surface area contributed by atoms with Gasteiger partial charge in [0.15, 0.2) is 5.82 Å². The van der Waals surface area contributed by atoms with Crippen molar-refractivity contribution < 1.29 is 23.8 Å². The summed E-state index contributed by atoms with van der Waals surface area (Å²) >= 11 is 1.39. The van der Waals surface area contributed by atoms with Crippen molar-refractivity contribution in [2.24, 2.45) is 4.99 Å². The summed E-state index contributed by atoms with van der Waals surface area (Å²) in [5.41, 5.74) is 3.79. The van der Waals surface area contributed by atoms with E-state index in [2.05, 4.69) is 10.2 Å². The number of hydrogen-bond acceptors (Lipinski definition) is 7. The van der Waals surface area contributed by atoms with Crippen LogP contribution in [0.4, 0.5) is 20.2 Å². The molecule has 0 unspecified atom stereocenters. The van der Waals surface area contributed by atoms with Gasteiger partial charge in [-0.1, -0.05) is 12.1 Å². The van der Waals surface area contributed by atoms with Crippen LogP contribution in [-0.4, -0.2) is 43.7 Å². The molecule has 0 bridgehead atoms. The second-order valence-electron chi connectivity index (χ2n) is 8.72. The lowest BCUT2D eigenvalue weighted by Crippen LogP contribution is -2.13. The van der Waals surface area contributed by atoms with Crippen LogP contribution in [0.1, 0.15) is 45.7 Å². The molecule has 0 saturated heterocycles. The number of carbonyl (C=O) groups is 1. The molecule has 8 nitrogen and oxygen atoms in total. The first-order chi connectivity index (χ1) is 17.7. The molecular formula is C26H23F2N5O3S. The number of aliphatic hydroxyl groups excluding tert-OH is 1. The van der Waals surface area contributed by atoms with Crippen LogP contribution in [0.25, 0.3) is 5.00 Å². The number of rotatable bonds is 6. The van der Waals surface area contributed by atoms with Gasteiger partial charge in [-0.15, -0.1) is 21.5 Å². The number of nitrogens with zero attached hydrogens (tertiary/aromatic N) is 5. The van der Waals surface area contributed by atoms with Crippen LogP contribution in [0.15, 0.2) is 47.5 Å². The predicted molar refractivity (Wildman–Crippen MR) is 136 cm³/mol. The van der Waals surface area contributed by atoms with E-state index < -0.39 is 23.6 Å². The molecule has 1 aliphatic rings. The molecule has 0 fully saturated rings. The van der Waals surface area contributed by atoms with Crippen LogP contribution >= 0.6 is 11.3 Å². The Kier molecular flexibility index (Phi) is 6.34. The first-order valence-electron chi connectivity index (χ1n) is 11.4. The average molecular weight is 524 g/mol. The molecule has 1 aliphatic heterocycles. The fraction of sp³-hybridized carbons (Fsp3) is 0.231. The molecule has 37 heavy (non-hydrogen) atoms. The fourth-order valence-corrected chi connectivity index (χ4v) is 5.73. The van der Waals surface area contributed by atoms with Gasteiger partial charge < -0.3 is 15.1 Å². The van der Waals surface area contributed by atoms with E-state index in [4.69, 9.17) is 4.99 Å². The Morgan fingerprint density at radius 2 is 1.86 bits per heavy atom. The summed E-state index contributed by atoms with van der Waals surface area (Å²) < 4.78 is 29.5. The van der Waals surface area contributed by atoms with Crippen LogP contribution in [0.2, 0.25) is 0 Å². The van der Waals surface area contributed by atoms with Crippen molar-refractivity contribution in [1.82, 2.24) is 14.8 Å². The molecule has 190 valence electrons. The number of halogens is 2. The zero-order valence-electron chi connectivity index (χ0n) is 20.2. The Bertz CT molecular complexity index is 1540. The number of aliphatic hydroxyl groups is 1. The van der Waals surface area contributed by atoms with Crippen molar-refractivity contribution >= 4 is 34.4 Å². The van der Waals surface area contributed by atoms with Crippen molar-refractivity contribution in [2.75, 3.05) is 11.9 Å². The Balaban J connectivity index is 1.63. The third-order valence-electron chi connectivity index (χ3n) is 6.41. The van der Waals surface area contributed by atoms with Crippen molar-refractivity contribution in [3.63, 3.8) is 0 Å². The Labute approximate surface area is 215 Å². The highest BCUT2D eigenvalue weighted by Gasteiger charge is 2.32. The summed E-state index contributed by atoms with van der Waals surface area (Å²) in [6, 6.07) is 9.86. The van der Waals surface area contributed by atoms with E-state index in [1.54, 1.807) is 31.0 Å². The van der Waals surface area contributed by atoms with Gasteiger partial charge in [-0.2, -0.15) is 0 Å². The van der Waals surface area contributed by atoms with E-state index in [1.807, 2.05) is 23.6 Å². The quantitative estimate of drug-likeness (QED) is 0.375. The van der Waals surface area contributed by atoms with Gasteiger partial charge in [0.05, 0.1) is 24.4 Å². The normalized spacial score (nSPS) is 14.5. The number of anilines is 2. The van der Waals surface area contributed by atoms with Gasteiger partial charge in [0.25, 0.3) is 0 Å². The number of aromatic nitrogens is 3. The zero-order chi connectivity index (χ0) is 26.4. The minimum Gasteiger partial charge on any atom is -0.481 e. The lowest BCUT2D eigenvalue weighted by molar-refractivity contribution is -0.137. The number of benzene rings is 2. The molecular weight excluding hydrogens is 500 g/mol. The highest BCUT2D eigenvalue weighted by Crippen LogP contribution is 2.40. The van der Waals surface area contributed by atoms with Gasteiger partial charge in [0, 0.05) is 34.8 Å². The maximum Gasteiger partial charge on any atom is 0.306 e. The number of carboxylic acid groups (broad SMARTS) is 1. The van der Waals surface area contributed by atoms with Crippen LogP contribution in [0.5, 0.6) is 0 Å². The van der Waals surface area contributed by atoms with Crippen molar-refractivity contribution in [3.05, 3.63) is 87.3 Å². The second-order valence-corrected chi connectivity index (χ2v) is 9.81. The summed E-state index contributed by atoms with van der Waals surface area (Å²) in [6.45, 7) is 3.53. The van der Waals surface area contributed by atoms with E-state index in [0.717, 1.165) is 32.6 Å². The number of carboxylic acids is 1. The monoisotopic (exact) mass is 523 g/mol. The van der Waals surface area contributed by atoms with Crippen molar-refractivity contribution in [3.8, 4) is 5.00 Å². The third-order valence-corrected chi connectivity index (χ3v) is 7.67. The van der Waals surface area contributed by atoms with E-state index in [9.17, 15) is 23.8 Å². The van der Waals surface area contributed by atoms with Gasteiger partial charge >= 0.3 is 5.97 Å². The summed E-state index contributed by atoms with van der Waals surface area (Å²) in [5, 5.41) is 28.7. The minimum absolute atomic E-state index is 0.154. The van der Waals surface area contributed by atoms with Gasteiger partial charge in [0.1, 0.15) is 28.5 Å². The Morgan fingerprint density at radius 1 is 1.14 bits per heavy atom. The SMILES string of the molecule is Cc1c(CO)sc2c1C(c1ccc(N(C)c3ccc(F)cc3F)cc1)=N[C@@H](CC(=O)O)c1nnc(C)n1-2. The third kappa shape index (κ3) is 4.30. The maximum atomic E-state index is 14.3. The van der Waals surface area contributed by atoms with Gasteiger partial charge in [-0.25, -0.2) is 8.78 Å². The fourth-order valence-electron chi connectivity index (χ4n) is 4.51. The molecule has 2 aromatic carbocycles. The molecule has 0 saturated carbocycles. The number of aryl methyl sites for hydroxylation is 1. The zero-order valence-corrected chi connectivity index (χ0v) is 21.1. The van der Waals surface area contributed by atoms with Crippen LogP contribution in [-0.2, 0) is 11.4 Å². The number of aliphatic imine (C=N–C) groups is 1. The molecule has 2 N–H and O–H groups in total. The molecule has 0 radical (unpaired) electrons. The molecule has 1 atom stereocenters. The summed E-state index contributed by atoms with van der Waals surface area (Å²) in [7, 11) is 1.68. The van der Waals surface area contributed by atoms with Crippen molar-refractivity contribution in [1.29, 1.82) is 0 Å². The molecule has 11 heteroatoms. The van der Waals surface area contributed by atoms with Gasteiger partial charge in [-0.05, 0) is 43.7 Å². The average Bonchev–Trinajstić information content (AvgIpc) is 3.36. The topological polar surface area (TPSA) is 104 Å². The van der Waals surface area contributed by atoms with Crippen molar-refractivity contribution in [2.45, 2.75) is 32.9 Å². The second kappa shape index (κ2) is 9.49. The van der Waals surface area contributed by atoms with Crippen LogP contribution < -0.4 is 4.90 Å². The summed E-state index contributed by atoms with van der Waals surface area (Å²) in [6.07, 6.45) is -0.271. The first-order valence-corrected chi connectivity index (χ1v) is 12.3.